The Labute approximate surface area is 111 Å². The van der Waals surface area contributed by atoms with E-state index in [1.54, 1.807) is 22.5 Å². The Bertz CT molecular complexity index is 421. The summed E-state index contributed by atoms with van der Waals surface area (Å²) in [5.74, 6) is -2.54. The lowest BCUT2D eigenvalue weighted by molar-refractivity contribution is -0.0905. The third kappa shape index (κ3) is 4.63. The molecule has 1 aromatic carbocycles. The van der Waals surface area contributed by atoms with Gasteiger partial charge in [-0.15, -0.1) is 0 Å². The predicted molar refractivity (Wildman–Crippen MR) is 69.5 cm³/mol. The molecule has 98 valence electrons. The van der Waals surface area contributed by atoms with Crippen LogP contribution in [0.2, 0.25) is 0 Å². The molecule has 18 heavy (non-hydrogen) atoms. The summed E-state index contributed by atoms with van der Waals surface area (Å²) in [5.41, 5.74) is 0.548. The molecule has 0 aliphatic carbocycles. The second kappa shape index (κ2) is 6.72. The standard InChI is InChI=1S/C10H8F2N2S.C3H8/c11-10(12)6-14(7-10)15-9-3-1-2-8(4-9)5-13;1-3-2/h1-4H,6-7H2;3H2,1-2H3. The number of alkyl halides is 2. The summed E-state index contributed by atoms with van der Waals surface area (Å²) >= 11 is 1.26. The van der Waals surface area contributed by atoms with E-state index >= 15 is 0 Å². The molecular formula is C13H16F2N2S. The minimum absolute atomic E-state index is 0.214. The molecule has 1 saturated heterocycles. The van der Waals surface area contributed by atoms with Crippen molar-refractivity contribution in [3.05, 3.63) is 29.8 Å². The summed E-state index contributed by atoms with van der Waals surface area (Å²) in [7, 11) is 0. The van der Waals surface area contributed by atoms with E-state index in [0.29, 0.717) is 5.56 Å². The first-order chi connectivity index (χ1) is 8.50. The van der Waals surface area contributed by atoms with Crippen molar-refractivity contribution < 1.29 is 8.78 Å². The van der Waals surface area contributed by atoms with Crippen molar-refractivity contribution in [3.63, 3.8) is 0 Å². The maximum Gasteiger partial charge on any atom is 0.274 e. The van der Waals surface area contributed by atoms with E-state index in [2.05, 4.69) is 13.8 Å². The number of nitrogens with zero attached hydrogens (tertiary/aromatic N) is 2. The van der Waals surface area contributed by atoms with Crippen LogP contribution in [-0.4, -0.2) is 23.3 Å². The third-order valence-electron chi connectivity index (χ3n) is 2.01. The zero-order chi connectivity index (χ0) is 13.6. The average Bonchev–Trinajstić information content (AvgIpc) is 2.28. The Kier molecular flexibility index (Phi) is 5.57. The second-order valence-electron chi connectivity index (χ2n) is 4.09. The molecule has 1 aliphatic heterocycles. The van der Waals surface area contributed by atoms with Crippen molar-refractivity contribution in [2.45, 2.75) is 31.1 Å². The van der Waals surface area contributed by atoms with Gasteiger partial charge in [0.15, 0.2) is 0 Å². The molecule has 2 rings (SSSR count). The minimum Gasteiger partial charge on any atom is -0.234 e. The maximum absolute atomic E-state index is 12.5. The Morgan fingerprint density at radius 1 is 1.39 bits per heavy atom. The van der Waals surface area contributed by atoms with Gasteiger partial charge in [0.2, 0.25) is 0 Å². The minimum atomic E-state index is -2.54. The summed E-state index contributed by atoms with van der Waals surface area (Å²) in [6.45, 7) is 3.82. The van der Waals surface area contributed by atoms with Gasteiger partial charge >= 0.3 is 0 Å². The van der Waals surface area contributed by atoms with E-state index < -0.39 is 5.92 Å². The number of hydrogen-bond acceptors (Lipinski definition) is 3. The van der Waals surface area contributed by atoms with Crippen LogP contribution >= 0.6 is 11.9 Å². The zero-order valence-corrected chi connectivity index (χ0v) is 11.3. The molecule has 1 heterocycles. The van der Waals surface area contributed by atoms with Crippen LogP contribution in [0.4, 0.5) is 8.78 Å². The normalized spacial score (nSPS) is 17.1. The number of rotatable bonds is 2. The summed E-state index contributed by atoms with van der Waals surface area (Å²) in [5, 5.41) is 8.66. The predicted octanol–water partition coefficient (Wildman–Crippen LogP) is 3.93. The number of nitriles is 1. The molecular weight excluding hydrogens is 254 g/mol. The molecule has 0 amide bonds. The van der Waals surface area contributed by atoms with Crippen LogP contribution in [0.3, 0.4) is 0 Å². The molecule has 0 bridgehead atoms. The van der Waals surface area contributed by atoms with Crippen LogP contribution in [-0.2, 0) is 0 Å². The highest BCUT2D eigenvalue weighted by atomic mass is 32.2. The SMILES string of the molecule is CCC.N#Cc1cccc(SN2CC(F)(F)C2)c1. The van der Waals surface area contributed by atoms with Gasteiger partial charge in [-0.1, -0.05) is 26.3 Å². The molecule has 0 unspecified atom stereocenters. The van der Waals surface area contributed by atoms with Crippen LogP contribution < -0.4 is 0 Å². The summed E-state index contributed by atoms with van der Waals surface area (Å²) in [6.07, 6.45) is 1.25. The van der Waals surface area contributed by atoms with Crippen LogP contribution in [0.15, 0.2) is 29.2 Å². The van der Waals surface area contributed by atoms with E-state index in [4.69, 9.17) is 5.26 Å². The Balaban J connectivity index is 0.000000492. The quantitative estimate of drug-likeness (QED) is 0.762. The molecule has 0 saturated carbocycles. The second-order valence-corrected chi connectivity index (χ2v) is 5.26. The van der Waals surface area contributed by atoms with Crippen LogP contribution in [0.1, 0.15) is 25.8 Å². The van der Waals surface area contributed by atoms with Crippen molar-refractivity contribution in [3.8, 4) is 6.07 Å². The molecule has 5 heteroatoms. The summed E-state index contributed by atoms with van der Waals surface area (Å²) < 4.78 is 26.6. The smallest absolute Gasteiger partial charge is 0.234 e. The van der Waals surface area contributed by atoms with Crippen molar-refractivity contribution in [2.24, 2.45) is 0 Å². The first kappa shape index (κ1) is 14.9. The lowest BCUT2D eigenvalue weighted by atomic mass is 10.2. The fraction of sp³-hybridized carbons (Fsp3) is 0.462. The zero-order valence-electron chi connectivity index (χ0n) is 10.5. The molecule has 0 N–H and O–H groups in total. The van der Waals surface area contributed by atoms with E-state index in [0.717, 1.165) is 4.90 Å². The monoisotopic (exact) mass is 270 g/mol. The van der Waals surface area contributed by atoms with Gasteiger partial charge in [0.25, 0.3) is 5.92 Å². The Morgan fingerprint density at radius 2 is 2.00 bits per heavy atom. The molecule has 1 fully saturated rings. The topological polar surface area (TPSA) is 27.0 Å². The van der Waals surface area contributed by atoms with E-state index in [1.807, 2.05) is 12.1 Å². The van der Waals surface area contributed by atoms with Crippen molar-refractivity contribution in [1.82, 2.24) is 4.31 Å². The van der Waals surface area contributed by atoms with Gasteiger partial charge < -0.3 is 0 Å². The molecule has 1 aliphatic rings. The maximum atomic E-state index is 12.5. The van der Waals surface area contributed by atoms with Crippen molar-refractivity contribution in [2.75, 3.05) is 13.1 Å². The Hall–Kier alpha value is -1.12. The fourth-order valence-electron chi connectivity index (χ4n) is 1.31. The van der Waals surface area contributed by atoms with Gasteiger partial charge in [0.1, 0.15) is 0 Å². The first-order valence-corrected chi connectivity index (χ1v) is 6.59. The molecule has 0 aromatic heterocycles. The lowest BCUT2D eigenvalue weighted by Gasteiger charge is -2.37. The summed E-state index contributed by atoms with van der Waals surface area (Å²) in [4.78, 5) is 0.824. The van der Waals surface area contributed by atoms with Crippen LogP contribution in [0.25, 0.3) is 0 Å². The first-order valence-electron chi connectivity index (χ1n) is 5.81. The van der Waals surface area contributed by atoms with Gasteiger partial charge in [-0.05, 0) is 30.1 Å². The average molecular weight is 270 g/mol. The molecule has 2 nitrogen and oxygen atoms in total. The highest BCUT2D eigenvalue weighted by molar-refractivity contribution is 7.97. The van der Waals surface area contributed by atoms with Crippen molar-refractivity contribution in [1.29, 1.82) is 5.26 Å². The fourth-order valence-corrected chi connectivity index (χ4v) is 2.43. The van der Waals surface area contributed by atoms with E-state index in [-0.39, 0.29) is 13.1 Å². The summed E-state index contributed by atoms with van der Waals surface area (Å²) in [6, 6.07) is 8.95. The van der Waals surface area contributed by atoms with E-state index in [9.17, 15) is 8.78 Å². The van der Waals surface area contributed by atoms with Gasteiger partial charge in [0.05, 0.1) is 24.7 Å². The Morgan fingerprint density at radius 3 is 2.50 bits per heavy atom. The number of benzene rings is 1. The highest BCUT2D eigenvalue weighted by Crippen LogP contribution is 2.35. The number of hydrogen-bond donors (Lipinski definition) is 0. The van der Waals surface area contributed by atoms with Crippen molar-refractivity contribution >= 4 is 11.9 Å². The van der Waals surface area contributed by atoms with Gasteiger partial charge in [-0.2, -0.15) is 5.26 Å². The van der Waals surface area contributed by atoms with Crippen LogP contribution in [0.5, 0.6) is 0 Å². The molecule has 0 radical (unpaired) electrons. The largest absolute Gasteiger partial charge is 0.274 e. The van der Waals surface area contributed by atoms with Gasteiger partial charge in [-0.25, -0.2) is 13.1 Å². The van der Waals surface area contributed by atoms with Crippen LogP contribution in [0, 0.1) is 11.3 Å². The molecule has 1 aromatic rings. The number of halogens is 2. The lowest BCUT2D eigenvalue weighted by Crippen LogP contribution is -2.52. The third-order valence-corrected chi connectivity index (χ3v) is 2.99. The highest BCUT2D eigenvalue weighted by Gasteiger charge is 2.44. The van der Waals surface area contributed by atoms with Gasteiger partial charge in [-0.3, -0.25) is 0 Å². The van der Waals surface area contributed by atoms with E-state index in [1.165, 1.54) is 18.4 Å². The molecule has 0 atom stereocenters. The van der Waals surface area contributed by atoms with Gasteiger partial charge in [0, 0.05) is 4.90 Å². The molecule has 0 spiro atoms.